The highest BCUT2D eigenvalue weighted by Gasteiger charge is 2.63. The molecule has 13 nitrogen and oxygen atoms in total. The lowest BCUT2D eigenvalue weighted by molar-refractivity contribution is -0.143. The lowest BCUT2D eigenvalue weighted by atomic mass is 9.85. The van der Waals surface area contributed by atoms with Crippen molar-refractivity contribution in [3.05, 3.63) is 47.5 Å². The van der Waals surface area contributed by atoms with Gasteiger partial charge in [0.05, 0.1) is 17.5 Å². The molecule has 0 radical (unpaired) electrons. The summed E-state index contributed by atoms with van der Waals surface area (Å²) in [4.78, 5) is 62.3. The number of nitrogens with zero attached hydrogens (tertiary/aromatic N) is 2. The molecule has 0 bridgehead atoms. The normalized spacial score (nSPS) is 27.4. The first-order valence-electron chi connectivity index (χ1n) is 16.0. The van der Waals surface area contributed by atoms with E-state index in [4.69, 9.17) is 21.2 Å². The lowest BCUT2D eigenvalue weighted by Crippen LogP contribution is -2.60. The second-order valence-electron chi connectivity index (χ2n) is 15.3. The minimum absolute atomic E-state index is 0.0122. The van der Waals surface area contributed by atoms with Crippen LogP contribution in [-0.2, 0) is 34.0 Å². The summed E-state index contributed by atoms with van der Waals surface area (Å²) in [6.07, 6.45) is 2.02. The molecule has 2 heterocycles. The highest BCUT2D eigenvalue weighted by Crippen LogP contribution is 2.46. The molecule has 5 atom stereocenters. The number of amides is 4. The lowest BCUT2D eigenvalue weighted by Gasteiger charge is -2.36. The van der Waals surface area contributed by atoms with Crippen LogP contribution in [0.5, 0.6) is 0 Å². The van der Waals surface area contributed by atoms with Crippen molar-refractivity contribution >= 4 is 51.2 Å². The molecule has 48 heavy (non-hydrogen) atoms. The summed E-state index contributed by atoms with van der Waals surface area (Å²) < 4.78 is 32.9. The van der Waals surface area contributed by atoms with Crippen LogP contribution in [-0.4, -0.2) is 83.5 Å². The first-order chi connectivity index (χ1) is 22.2. The molecule has 1 saturated heterocycles. The third-order valence-electron chi connectivity index (χ3n) is 9.01. The van der Waals surface area contributed by atoms with Gasteiger partial charge in [-0.3, -0.25) is 19.1 Å². The fourth-order valence-electron chi connectivity index (χ4n) is 6.21. The summed E-state index contributed by atoms with van der Waals surface area (Å²) in [6, 6.07) is 4.81. The Morgan fingerprint density at radius 3 is 2.40 bits per heavy atom. The Kier molecular flexibility index (Phi) is 9.17. The minimum atomic E-state index is -3.89. The Morgan fingerprint density at radius 1 is 1.15 bits per heavy atom. The van der Waals surface area contributed by atoms with Crippen LogP contribution < -0.4 is 15.4 Å². The van der Waals surface area contributed by atoms with E-state index in [9.17, 15) is 27.6 Å². The molecule has 1 spiro atoms. The van der Waals surface area contributed by atoms with Gasteiger partial charge in [-0.05, 0) is 57.6 Å². The maximum absolute atomic E-state index is 14.4. The van der Waals surface area contributed by atoms with E-state index >= 15 is 0 Å². The van der Waals surface area contributed by atoms with E-state index in [-0.39, 0.29) is 25.8 Å². The van der Waals surface area contributed by atoms with Crippen LogP contribution in [0.1, 0.15) is 79.2 Å². The number of carbonyl (C=O) groups excluding carboxylic acids is 4. The van der Waals surface area contributed by atoms with E-state index in [2.05, 4.69) is 27.1 Å². The van der Waals surface area contributed by atoms with Gasteiger partial charge < -0.3 is 25.1 Å². The number of carbonyl (C=O) groups is 4. The van der Waals surface area contributed by atoms with E-state index in [0.29, 0.717) is 23.6 Å². The Bertz CT molecular complexity index is 1660. The average Bonchev–Trinajstić information content (AvgIpc) is 3.87. The largest absolute Gasteiger partial charge is 0.444 e. The summed E-state index contributed by atoms with van der Waals surface area (Å²) in [5.41, 5.74) is -2.98. The van der Waals surface area contributed by atoms with Gasteiger partial charge in [0.2, 0.25) is 21.8 Å². The summed E-state index contributed by atoms with van der Waals surface area (Å²) in [5.74, 6) is -2.60. The minimum Gasteiger partial charge on any atom is -0.444 e. The molecule has 2 saturated carbocycles. The van der Waals surface area contributed by atoms with E-state index in [1.807, 2.05) is 6.07 Å². The van der Waals surface area contributed by atoms with Crippen molar-refractivity contribution in [2.24, 2.45) is 16.5 Å². The number of benzene rings is 1. The number of oxime groups is 1. The highest BCUT2D eigenvalue weighted by molar-refractivity contribution is 7.91. The predicted octanol–water partition coefficient (Wildman–Crippen LogP) is 3.41. The fourth-order valence-corrected chi connectivity index (χ4v) is 7.77. The zero-order valence-corrected chi connectivity index (χ0v) is 29.7. The van der Waals surface area contributed by atoms with E-state index in [1.54, 1.807) is 59.7 Å². The molecule has 4 aliphatic rings. The van der Waals surface area contributed by atoms with Crippen LogP contribution in [0.15, 0.2) is 42.1 Å². The van der Waals surface area contributed by atoms with Gasteiger partial charge in [0, 0.05) is 29.3 Å². The zero-order valence-electron chi connectivity index (χ0n) is 28.1. The third-order valence-corrected chi connectivity index (χ3v) is 11.1. The number of hydrogen-bond acceptors (Lipinski definition) is 9. The number of hydrogen-bond donors (Lipinski definition) is 3. The maximum Gasteiger partial charge on any atom is 0.408 e. The predicted molar refractivity (Wildman–Crippen MR) is 178 cm³/mol. The second kappa shape index (κ2) is 12.3. The smallest absolute Gasteiger partial charge is 0.408 e. The van der Waals surface area contributed by atoms with Gasteiger partial charge in [0.25, 0.3) is 5.91 Å². The molecule has 2 aliphatic heterocycles. The van der Waals surface area contributed by atoms with Crippen molar-refractivity contribution in [3.8, 4) is 0 Å². The van der Waals surface area contributed by atoms with Crippen LogP contribution in [0.4, 0.5) is 4.79 Å². The number of rotatable bonds is 9. The van der Waals surface area contributed by atoms with E-state index < -0.39 is 79.2 Å². The van der Waals surface area contributed by atoms with Crippen molar-refractivity contribution in [1.29, 1.82) is 0 Å². The Morgan fingerprint density at radius 2 is 1.83 bits per heavy atom. The van der Waals surface area contributed by atoms with Gasteiger partial charge >= 0.3 is 6.09 Å². The van der Waals surface area contributed by atoms with Crippen molar-refractivity contribution in [3.63, 3.8) is 0 Å². The number of nitrogens with one attached hydrogen (secondary N) is 3. The molecule has 1 aromatic carbocycles. The molecular weight excluding hydrogens is 662 g/mol. The summed E-state index contributed by atoms with van der Waals surface area (Å²) in [7, 11) is -3.89. The monoisotopic (exact) mass is 705 g/mol. The molecule has 262 valence electrons. The fraction of sp³-hybridized carbons (Fsp3) is 0.606. The van der Waals surface area contributed by atoms with Crippen molar-refractivity contribution < 1.29 is 37.2 Å². The second-order valence-corrected chi connectivity index (χ2v) is 17.7. The molecule has 5 rings (SSSR count). The molecule has 1 aromatic rings. The molecule has 3 N–H and O–H groups in total. The number of ether oxygens (including phenoxy) is 1. The first kappa shape index (κ1) is 35.7. The van der Waals surface area contributed by atoms with Gasteiger partial charge in [-0.15, -0.1) is 6.58 Å². The van der Waals surface area contributed by atoms with Gasteiger partial charge in [-0.1, -0.05) is 55.7 Å². The van der Waals surface area contributed by atoms with Crippen LogP contribution in [0.2, 0.25) is 5.02 Å². The Labute approximate surface area is 286 Å². The highest BCUT2D eigenvalue weighted by atomic mass is 35.5. The van der Waals surface area contributed by atoms with Gasteiger partial charge in [0.15, 0.2) is 5.60 Å². The van der Waals surface area contributed by atoms with Crippen molar-refractivity contribution in [2.75, 3.05) is 6.54 Å². The molecule has 15 heteroatoms. The summed E-state index contributed by atoms with van der Waals surface area (Å²) in [6.45, 7) is 14.1. The SMILES string of the molecule is C=C[C@@H]1C[C@]1(NC(=O)[C@@H]1C[C@]2(CC(c3cccc(Cl)c3)=NO2)CN1C(=O)[C@@H](NC(=O)OC(C)(C)C)C(C)(C)C)C(=O)NS(=O)(=O)C1CC1. The van der Waals surface area contributed by atoms with Crippen LogP contribution in [0.3, 0.4) is 0 Å². The van der Waals surface area contributed by atoms with Crippen molar-refractivity contribution in [1.82, 2.24) is 20.3 Å². The molecule has 3 fully saturated rings. The average molecular weight is 706 g/mol. The van der Waals surface area contributed by atoms with E-state index in [0.717, 1.165) is 5.56 Å². The quantitative estimate of drug-likeness (QED) is 0.328. The third kappa shape index (κ3) is 7.49. The summed E-state index contributed by atoms with van der Waals surface area (Å²) >= 11 is 6.22. The zero-order chi connectivity index (χ0) is 35.4. The maximum atomic E-state index is 14.4. The molecular formula is C33H44ClN5O8S. The molecule has 2 aliphatic carbocycles. The number of halogens is 1. The van der Waals surface area contributed by atoms with Gasteiger partial charge in [0.1, 0.15) is 23.2 Å². The molecule has 0 aromatic heterocycles. The number of sulfonamides is 1. The Hall–Kier alpha value is -3.65. The molecule has 4 amide bonds. The van der Waals surface area contributed by atoms with Crippen molar-refractivity contribution in [2.45, 2.75) is 108 Å². The van der Waals surface area contributed by atoms with Gasteiger partial charge in [-0.2, -0.15) is 0 Å². The van der Waals surface area contributed by atoms with E-state index in [1.165, 1.54) is 11.0 Å². The number of alkyl carbamates (subject to hydrolysis) is 1. The van der Waals surface area contributed by atoms with Crippen LogP contribution in [0, 0.1) is 11.3 Å². The summed E-state index contributed by atoms with van der Waals surface area (Å²) in [5, 5.41) is 9.65. The van der Waals surface area contributed by atoms with Gasteiger partial charge in [-0.25, -0.2) is 13.2 Å². The van der Waals surface area contributed by atoms with Crippen LogP contribution in [0.25, 0.3) is 0 Å². The Balaban J connectivity index is 1.44. The number of likely N-dealkylation sites (tertiary alicyclic amines) is 1. The first-order valence-corrected chi connectivity index (χ1v) is 17.9. The molecule has 0 unspecified atom stereocenters. The topological polar surface area (TPSA) is 173 Å². The standard InChI is InChI=1S/C33H44ClN5O8S/c1-8-20-15-33(20,28(42)38-48(44,45)22-12-13-22)36-26(40)24-17-32(16-23(37-47-32)19-10-9-11-21(34)14-19)18-39(24)27(41)25(30(2,3)4)35-29(43)46-31(5,6)7/h8-11,14,20,22,24-25H,1,12-13,15-18H2,2-7H3,(H,35,43)(H,36,40)(H,38,42)/t20-,24+,25-,32-,33-/m1/s1. The van der Waals surface area contributed by atoms with Crippen LogP contribution >= 0.6 is 11.6 Å².